The van der Waals surface area contributed by atoms with E-state index in [0.29, 0.717) is 24.7 Å². The van der Waals surface area contributed by atoms with Gasteiger partial charge in [0.1, 0.15) is 12.4 Å². The Morgan fingerprint density at radius 2 is 1.81 bits per heavy atom. The van der Waals surface area contributed by atoms with Crippen molar-refractivity contribution in [2.45, 2.75) is 22.6 Å². The summed E-state index contributed by atoms with van der Waals surface area (Å²) in [4.78, 5) is 17.9. The number of halogens is 3. The minimum Gasteiger partial charge on any atom is -0.448 e. The van der Waals surface area contributed by atoms with Gasteiger partial charge >= 0.3 is 6.09 Å². The second kappa shape index (κ2) is 9.41. The molecule has 2 fully saturated rings. The quantitative estimate of drug-likeness (QED) is 0.480. The van der Waals surface area contributed by atoms with E-state index in [4.69, 9.17) is 16.3 Å². The maximum absolute atomic E-state index is 13.9. The summed E-state index contributed by atoms with van der Waals surface area (Å²) in [5.74, 6) is -0.210. The van der Waals surface area contributed by atoms with E-state index in [1.54, 1.807) is 28.8 Å². The zero-order chi connectivity index (χ0) is 20.7. The molecule has 4 nitrogen and oxygen atoms in total. The van der Waals surface area contributed by atoms with Crippen LogP contribution in [0.1, 0.15) is 24.0 Å². The molecule has 3 aliphatic heterocycles. The molecule has 0 unspecified atom stereocenters. The summed E-state index contributed by atoms with van der Waals surface area (Å²) in [5.41, 5.74) is 4.85. The second-order valence-electron chi connectivity index (χ2n) is 7.80. The predicted molar refractivity (Wildman–Crippen MR) is 124 cm³/mol. The average molecular weight is 481 g/mol. The Kier molecular flexibility index (Phi) is 6.82. The first-order chi connectivity index (χ1) is 14.6. The fraction of sp³-hybridized carbons (Fsp3) is 0.348. The molecule has 2 aromatic carbocycles. The fourth-order valence-electron chi connectivity index (χ4n) is 4.41. The molecule has 0 spiro atoms. The van der Waals surface area contributed by atoms with Crippen LogP contribution < -0.4 is 0 Å². The highest BCUT2D eigenvalue weighted by Crippen LogP contribution is 2.48. The molecule has 0 N–H and O–H groups in total. The van der Waals surface area contributed by atoms with Crippen LogP contribution in [0.5, 0.6) is 0 Å². The summed E-state index contributed by atoms with van der Waals surface area (Å²) >= 11 is 7.93. The van der Waals surface area contributed by atoms with Crippen molar-refractivity contribution in [2.75, 3.05) is 39.3 Å². The Hall–Kier alpha value is -1.73. The first-order valence-electron chi connectivity index (χ1n) is 10.2. The number of ether oxygens (including phenoxy) is 1. The van der Waals surface area contributed by atoms with Crippen molar-refractivity contribution < 1.29 is 13.9 Å². The van der Waals surface area contributed by atoms with Gasteiger partial charge in [-0.1, -0.05) is 35.0 Å². The molecular formula is C23H23Cl2FN2O2S. The van der Waals surface area contributed by atoms with Crippen molar-refractivity contribution >= 4 is 47.4 Å². The van der Waals surface area contributed by atoms with Crippen molar-refractivity contribution in [3.63, 3.8) is 0 Å². The minimum atomic E-state index is -0.210. The number of carbonyl (C=O) groups is 1. The Morgan fingerprint density at radius 3 is 2.55 bits per heavy atom. The lowest BCUT2D eigenvalue weighted by Crippen LogP contribution is -2.38. The van der Waals surface area contributed by atoms with E-state index in [0.717, 1.165) is 53.4 Å². The molecule has 164 valence electrons. The number of fused-ring (bicyclic) bond motifs is 2. The fourth-order valence-corrected chi connectivity index (χ4v) is 5.67. The molecular weight excluding hydrogens is 458 g/mol. The summed E-state index contributed by atoms with van der Waals surface area (Å²) < 4.78 is 18.9. The molecule has 3 heterocycles. The number of hydrogen-bond acceptors (Lipinski definition) is 4. The summed E-state index contributed by atoms with van der Waals surface area (Å²) in [6.45, 7) is 4.64. The molecule has 2 aromatic rings. The molecule has 0 aliphatic carbocycles. The molecule has 8 heteroatoms. The van der Waals surface area contributed by atoms with Gasteiger partial charge in [0.2, 0.25) is 0 Å². The Morgan fingerprint density at radius 1 is 1.00 bits per heavy atom. The Labute approximate surface area is 196 Å². The molecule has 0 saturated carbocycles. The van der Waals surface area contributed by atoms with Crippen LogP contribution in [-0.4, -0.2) is 55.2 Å². The van der Waals surface area contributed by atoms with Crippen LogP contribution in [-0.2, 0) is 4.74 Å². The van der Waals surface area contributed by atoms with Crippen LogP contribution in [0.15, 0.2) is 51.8 Å². The van der Waals surface area contributed by atoms with Gasteiger partial charge in [0.05, 0.1) is 6.54 Å². The third-order valence-corrected chi connectivity index (χ3v) is 7.36. The maximum Gasteiger partial charge on any atom is 0.409 e. The van der Waals surface area contributed by atoms with Gasteiger partial charge in [-0.2, -0.15) is 0 Å². The number of likely N-dealkylation sites (tertiary alicyclic amines) is 1. The Balaban J connectivity index is 0.00000231. The largest absolute Gasteiger partial charge is 0.448 e. The SMILES string of the molecule is Cl.O=C1OCCN1CCN1CCC(=C2c3ccc(F)cc3Sc3ccc(Cl)cc32)CC1. The number of cyclic esters (lactones) is 1. The number of carbonyl (C=O) groups excluding carboxylic acids is 1. The molecule has 5 rings (SSSR count). The molecule has 0 bridgehead atoms. The van der Waals surface area contributed by atoms with E-state index in [2.05, 4.69) is 4.90 Å². The van der Waals surface area contributed by atoms with E-state index in [-0.39, 0.29) is 24.3 Å². The van der Waals surface area contributed by atoms with Crippen LogP contribution >= 0.6 is 35.8 Å². The molecule has 0 aromatic heterocycles. The molecule has 1 amide bonds. The molecule has 0 radical (unpaired) electrons. The van der Waals surface area contributed by atoms with Crippen molar-refractivity contribution in [1.29, 1.82) is 0 Å². The van der Waals surface area contributed by atoms with E-state index in [1.165, 1.54) is 11.1 Å². The predicted octanol–water partition coefficient (Wildman–Crippen LogP) is 5.72. The lowest BCUT2D eigenvalue weighted by atomic mass is 9.88. The van der Waals surface area contributed by atoms with Gasteiger partial charge < -0.3 is 14.5 Å². The number of rotatable bonds is 3. The van der Waals surface area contributed by atoms with Crippen LogP contribution in [0.2, 0.25) is 5.02 Å². The van der Waals surface area contributed by atoms with E-state index in [9.17, 15) is 9.18 Å². The van der Waals surface area contributed by atoms with Gasteiger partial charge in [-0.15, -0.1) is 12.4 Å². The zero-order valence-corrected chi connectivity index (χ0v) is 19.3. The first kappa shape index (κ1) is 22.5. The average Bonchev–Trinajstić information content (AvgIpc) is 3.16. The Bertz CT molecular complexity index is 1040. The van der Waals surface area contributed by atoms with Gasteiger partial charge in [0, 0.05) is 41.0 Å². The summed E-state index contributed by atoms with van der Waals surface area (Å²) in [6.07, 6.45) is 1.70. The van der Waals surface area contributed by atoms with Crippen LogP contribution in [0, 0.1) is 5.82 Å². The van der Waals surface area contributed by atoms with Crippen molar-refractivity contribution in [3.05, 3.63) is 63.9 Å². The zero-order valence-electron chi connectivity index (χ0n) is 16.9. The van der Waals surface area contributed by atoms with Gasteiger partial charge in [-0.05, 0) is 59.9 Å². The first-order valence-corrected chi connectivity index (χ1v) is 11.4. The number of piperidine rings is 1. The van der Waals surface area contributed by atoms with Crippen LogP contribution in [0.3, 0.4) is 0 Å². The van der Waals surface area contributed by atoms with Crippen LogP contribution in [0.25, 0.3) is 5.57 Å². The highest BCUT2D eigenvalue weighted by molar-refractivity contribution is 7.99. The third kappa shape index (κ3) is 4.58. The number of hydrogen-bond donors (Lipinski definition) is 0. The van der Waals surface area contributed by atoms with Crippen LogP contribution in [0.4, 0.5) is 9.18 Å². The summed E-state index contributed by atoms with van der Waals surface area (Å²) in [5, 5.41) is 0.716. The van der Waals surface area contributed by atoms with Gasteiger partial charge in [-0.3, -0.25) is 0 Å². The normalized spacial score (nSPS) is 18.4. The van der Waals surface area contributed by atoms with Gasteiger partial charge in [-0.25, -0.2) is 9.18 Å². The number of benzene rings is 2. The monoisotopic (exact) mass is 480 g/mol. The number of amides is 1. The third-order valence-electron chi connectivity index (χ3n) is 5.99. The molecule has 2 saturated heterocycles. The standard InChI is InChI=1S/C23H22ClFN2O2S.ClH/c24-16-1-4-20-19(13-16)22(18-3-2-17(25)14-21(18)30-20)15-5-7-26(8-6-15)9-10-27-11-12-29-23(27)28;/h1-4,13-14H,5-12H2;1H. The van der Waals surface area contributed by atoms with Crippen molar-refractivity contribution in [1.82, 2.24) is 9.80 Å². The van der Waals surface area contributed by atoms with Crippen molar-refractivity contribution in [3.8, 4) is 0 Å². The second-order valence-corrected chi connectivity index (χ2v) is 9.32. The molecule has 3 aliphatic rings. The smallest absolute Gasteiger partial charge is 0.409 e. The molecule has 31 heavy (non-hydrogen) atoms. The minimum absolute atomic E-state index is 0. The summed E-state index contributed by atoms with van der Waals surface area (Å²) in [6, 6.07) is 11.0. The lowest BCUT2D eigenvalue weighted by molar-refractivity contribution is 0.152. The van der Waals surface area contributed by atoms with Gasteiger partial charge in [0.25, 0.3) is 0 Å². The molecule has 0 atom stereocenters. The van der Waals surface area contributed by atoms with Gasteiger partial charge in [0.15, 0.2) is 0 Å². The van der Waals surface area contributed by atoms with E-state index >= 15 is 0 Å². The summed E-state index contributed by atoms with van der Waals surface area (Å²) in [7, 11) is 0. The lowest BCUT2D eigenvalue weighted by Gasteiger charge is -2.32. The highest BCUT2D eigenvalue weighted by atomic mass is 35.5. The van der Waals surface area contributed by atoms with E-state index in [1.807, 2.05) is 24.3 Å². The van der Waals surface area contributed by atoms with Crippen molar-refractivity contribution in [2.24, 2.45) is 0 Å². The maximum atomic E-state index is 13.9. The van der Waals surface area contributed by atoms with E-state index < -0.39 is 0 Å². The number of nitrogens with zero attached hydrogens (tertiary/aromatic N) is 2. The topological polar surface area (TPSA) is 32.8 Å². The highest BCUT2D eigenvalue weighted by Gasteiger charge is 2.27.